The smallest absolute Gasteiger partial charge is 0.378 e. The lowest BCUT2D eigenvalue weighted by Crippen LogP contribution is -2.43. The summed E-state index contributed by atoms with van der Waals surface area (Å²) in [6, 6.07) is -0.544. The number of rotatable bonds is 4. The van der Waals surface area contributed by atoms with Crippen molar-refractivity contribution in [1.29, 1.82) is 0 Å². The van der Waals surface area contributed by atoms with E-state index in [2.05, 4.69) is 5.10 Å². The monoisotopic (exact) mass is 430 g/mol. The number of carbonyl (C=O) groups excluding carboxylic acids is 1. The van der Waals surface area contributed by atoms with Crippen molar-refractivity contribution in [3.05, 3.63) is 12.2 Å². The first-order valence-electron chi connectivity index (χ1n) is 10.2. The molecule has 0 spiro atoms. The Labute approximate surface area is 172 Å². The van der Waals surface area contributed by atoms with Gasteiger partial charge in [0.25, 0.3) is 0 Å². The molecule has 1 saturated heterocycles. The van der Waals surface area contributed by atoms with Gasteiger partial charge in [-0.3, -0.25) is 14.8 Å². The maximum atomic E-state index is 13.9. The summed E-state index contributed by atoms with van der Waals surface area (Å²) in [4.78, 5) is 19.5. The summed E-state index contributed by atoms with van der Waals surface area (Å²) in [6.07, 6.45) is 0.0687. The molecule has 0 N–H and O–H groups in total. The van der Waals surface area contributed by atoms with E-state index in [1.165, 1.54) is 19.4 Å². The molecular formula is C20H26F4N4O2. The minimum absolute atomic E-state index is 0.0296. The van der Waals surface area contributed by atoms with E-state index in [1.54, 1.807) is 4.90 Å². The normalized spacial score (nSPS) is 38.9. The van der Waals surface area contributed by atoms with Gasteiger partial charge >= 0.3 is 6.18 Å². The Bertz CT molecular complexity index is 768. The van der Waals surface area contributed by atoms with Gasteiger partial charge in [-0.15, -0.1) is 0 Å². The predicted molar refractivity (Wildman–Crippen MR) is 103 cm³/mol. The van der Waals surface area contributed by atoms with Gasteiger partial charge in [0.1, 0.15) is 12.7 Å². The van der Waals surface area contributed by atoms with Crippen LogP contribution in [-0.2, 0) is 9.53 Å². The van der Waals surface area contributed by atoms with E-state index in [0.29, 0.717) is 19.4 Å². The van der Waals surface area contributed by atoms with Crippen molar-refractivity contribution in [2.45, 2.75) is 50.3 Å². The molecule has 0 bridgehead atoms. The average molecular weight is 430 g/mol. The third kappa shape index (κ3) is 4.10. The molecule has 10 heteroatoms. The Balaban J connectivity index is 1.46. The van der Waals surface area contributed by atoms with E-state index < -0.39 is 31.0 Å². The molecular weight excluding hydrogens is 404 g/mol. The molecule has 1 amide bonds. The Morgan fingerprint density at radius 2 is 2.03 bits per heavy atom. The zero-order valence-corrected chi connectivity index (χ0v) is 16.9. The highest BCUT2D eigenvalue weighted by molar-refractivity contribution is 6.12. The van der Waals surface area contributed by atoms with Crippen LogP contribution in [0.4, 0.5) is 17.6 Å². The number of fused-ring (bicyclic) bond motifs is 1. The van der Waals surface area contributed by atoms with Crippen molar-refractivity contribution in [1.82, 2.24) is 9.91 Å². The number of amides is 1. The number of hydrazone groups is 1. The zero-order chi connectivity index (χ0) is 21.6. The topological polar surface area (TPSA) is 57.5 Å². The molecule has 166 valence electrons. The van der Waals surface area contributed by atoms with Crippen molar-refractivity contribution < 1.29 is 27.1 Å². The summed E-state index contributed by atoms with van der Waals surface area (Å²) in [7, 11) is 1.50. The van der Waals surface area contributed by atoms with E-state index in [4.69, 9.17) is 9.73 Å². The first-order valence-corrected chi connectivity index (χ1v) is 10.2. The van der Waals surface area contributed by atoms with Gasteiger partial charge in [0.15, 0.2) is 0 Å². The highest BCUT2D eigenvalue weighted by Gasteiger charge is 2.48. The number of aliphatic imine (C=N–C) groups is 1. The fraction of sp³-hybridized carbons (Fsp3) is 0.750. The lowest BCUT2D eigenvalue weighted by Gasteiger charge is -2.35. The van der Waals surface area contributed by atoms with Crippen molar-refractivity contribution in [3.8, 4) is 0 Å². The molecule has 0 aromatic heterocycles. The molecule has 0 saturated carbocycles. The molecule has 0 aromatic rings. The first kappa shape index (κ1) is 21.3. The van der Waals surface area contributed by atoms with Gasteiger partial charge in [0, 0.05) is 25.0 Å². The second-order valence-corrected chi connectivity index (χ2v) is 8.64. The number of nitrogens with zero attached hydrogens (tertiary/aromatic N) is 4. The van der Waals surface area contributed by atoms with Crippen LogP contribution in [0.2, 0.25) is 0 Å². The van der Waals surface area contributed by atoms with Crippen LogP contribution in [0.1, 0.15) is 19.8 Å². The standard InChI is InChI=1S/C20H26F4N4O2/c1-11-5-15(12-3-4-14(21)17(6-12)30-2)26-16-9-28(19(29)18(11)16)13-7-25-27(8-13)10-20(22,23)24/h3-4,7,11-15,17-18H,5-6,8-10H2,1-2H3. The largest absolute Gasteiger partial charge is 0.407 e. The van der Waals surface area contributed by atoms with Crippen LogP contribution in [0.3, 0.4) is 0 Å². The van der Waals surface area contributed by atoms with Gasteiger partial charge in [0.05, 0.1) is 37.2 Å². The van der Waals surface area contributed by atoms with Crippen LogP contribution >= 0.6 is 0 Å². The third-order valence-electron chi connectivity index (χ3n) is 6.52. The molecule has 0 aromatic carbocycles. The Morgan fingerprint density at radius 1 is 1.27 bits per heavy atom. The molecule has 30 heavy (non-hydrogen) atoms. The maximum absolute atomic E-state index is 13.9. The number of carbonyl (C=O) groups is 1. The fourth-order valence-corrected chi connectivity index (χ4v) is 5.03. The van der Waals surface area contributed by atoms with E-state index in [-0.39, 0.29) is 36.2 Å². The van der Waals surface area contributed by atoms with Crippen LogP contribution in [0.15, 0.2) is 22.2 Å². The number of ether oxygens (including phenoxy) is 1. The summed E-state index contributed by atoms with van der Waals surface area (Å²) in [5.74, 6) is -0.340. The van der Waals surface area contributed by atoms with Crippen molar-refractivity contribution in [2.24, 2.45) is 27.8 Å². The maximum Gasteiger partial charge on any atom is 0.407 e. The zero-order valence-electron chi connectivity index (χ0n) is 16.9. The summed E-state index contributed by atoms with van der Waals surface area (Å²) in [6.45, 7) is 1.21. The minimum Gasteiger partial charge on any atom is -0.378 e. The summed E-state index contributed by atoms with van der Waals surface area (Å²) < 4.78 is 57.0. The Morgan fingerprint density at radius 3 is 2.73 bits per heavy atom. The number of halogens is 4. The molecule has 3 aliphatic heterocycles. The van der Waals surface area contributed by atoms with E-state index in [9.17, 15) is 22.4 Å². The van der Waals surface area contributed by atoms with Crippen molar-refractivity contribution >= 4 is 17.8 Å². The molecule has 6 nitrogen and oxygen atoms in total. The van der Waals surface area contributed by atoms with E-state index in [0.717, 1.165) is 10.7 Å². The van der Waals surface area contributed by atoms with Crippen LogP contribution in [-0.4, -0.2) is 85.0 Å². The average Bonchev–Trinajstić information content (AvgIpc) is 3.25. The second-order valence-electron chi connectivity index (χ2n) is 8.64. The fourth-order valence-electron chi connectivity index (χ4n) is 5.03. The van der Waals surface area contributed by atoms with Gasteiger partial charge in [0.2, 0.25) is 5.91 Å². The lowest BCUT2D eigenvalue weighted by atomic mass is 9.77. The number of hydrogen-bond donors (Lipinski definition) is 0. The van der Waals surface area contributed by atoms with Crippen LogP contribution in [0.25, 0.3) is 0 Å². The summed E-state index contributed by atoms with van der Waals surface area (Å²) >= 11 is 0. The van der Waals surface area contributed by atoms with Gasteiger partial charge < -0.3 is 9.64 Å². The first-order chi connectivity index (χ1) is 14.2. The quantitative estimate of drug-likeness (QED) is 0.509. The molecule has 0 radical (unpaired) electrons. The second kappa shape index (κ2) is 7.94. The molecule has 3 heterocycles. The van der Waals surface area contributed by atoms with Gasteiger partial charge in [-0.05, 0) is 18.8 Å². The van der Waals surface area contributed by atoms with Gasteiger partial charge in [-0.25, -0.2) is 4.39 Å². The highest BCUT2D eigenvalue weighted by Crippen LogP contribution is 2.38. The lowest BCUT2D eigenvalue weighted by molar-refractivity contribution is -0.146. The summed E-state index contributed by atoms with van der Waals surface area (Å²) in [5.41, 5.74) is 0.774. The third-order valence-corrected chi connectivity index (χ3v) is 6.52. The van der Waals surface area contributed by atoms with Crippen LogP contribution < -0.4 is 0 Å². The number of hydrogen-bond acceptors (Lipinski definition) is 5. The molecule has 1 fully saturated rings. The van der Waals surface area contributed by atoms with Crippen LogP contribution in [0.5, 0.6) is 0 Å². The molecule has 1 aliphatic carbocycles. The minimum atomic E-state index is -4.34. The van der Waals surface area contributed by atoms with Gasteiger partial charge in [-0.1, -0.05) is 19.1 Å². The number of likely N-dealkylation sites (tertiary alicyclic amines) is 1. The highest BCUT2D eigenvalue weighted by atomic mass is 19.4. The van der Waals surface area contributed by atoms with Crippen molar-refractivity contribution in [3.63, 3.8) is 0 Å². The van der Waals surface area contributed by atoms with E-state index in [1.807, 2.05) is 13.0 Å². The van der Waals surface area contributed by atoms with Gasteiger partial charge in [-0.2, -0.15) is 18.3 Å². The molecule has 7 atom stereocenters. The molecule has 4 rings (SSSR count). The molecule has 7 unspecified atom stereocenters. The van der Waals surface area contributed by atoms with E-state index >= 15 is 0 Å². The van der Waals surface area contributed by atoms with Crippen molar-refractivity contribution in [2.75, 3.05) is 26.7 Å². The number of methoxy groups -OCH3 is 1. The predicted octanol–water partition coefficient (Wildman–Crippen LogP) is 2.46. The Hall–Kier alpha value is -1.97. The molecule has 4 aliphatic rings. The number of alkyl halides is 4. The Kier molecular flexibility index (Phi) is 5.63. The SMILES string of the molecule is COC1CC(C2CC(C)C3C(=O)N(C4C=NN(CC(F)(F)F)C4)CC3=N2)C=CC1F. The van der Waals surface area contributed by atoms with Crippen LogP contribution in [0, 0.1) is 17.8 Å². The summed E-state index contributed by atoms with van der Waals surface area (Å²) in [5, 5.41) is 4.77.